The topological polar surface area (TPSA) is 59.2 Å². The first kappa shape index (κ1) is 13.1. The van der Waals surface area contributed by atoms with Crippen LogP contribution in [-0.2, 0) is 0 Å². The largest absolute Gasteiger partial charge is 0.422 e. The van der Waals surface area contributed by atoms with Crippen LogP contribution in [0.2, 0.25) is 0 Å². The summed E-state index contributed by atoms with van der Waals surface area (Å²) in [6.45, 7) is 1.94. The molecule has 0 unspecified atom stereocenters. The number of aryl methyl sites for hydroxylation is 1. The van der Waals surface area contributed by atoms with Crippen molar-refractivity contribution in [3.8, 4) is 5.75 Å². The van der Waals surface area contributed by atoms with Gasteiger partial charge in [0, 0.05) is 11.5 Å². The number of hydrogen-bond donors (Lipinski definition) is 1. The number of fused-ring (bicyclic) bond motifs is 1. The predicted octanol–water partition coefficient (Wildman–Crippen LogP) is 3.06. The standard InChI is InChI=1S/C17H13NO3/c1-11-6-8-12(9-7-11)17(20)21-15-10-16(19)18-14-5-3-2-4-13(14)15/h2-10H,1H3,(H,18,19). The molecule has 3 aromatic rings. The van der Waals surface area contributed by atoms with E-state index in [2.05, 4.69) is 4.98 Å². The molecule has 4 heteroatoms. The fourth-order valence-electron chi connectivity index (χ4n) is 2.11. The van der Waals surface area contributed by atoms with Crippen molar-refractivity contribution in [2.24, 2.45) is 0 Å². The molecule has 2 aromatic carbocycles. The fourth-order valence-corrected chi connectivity index (χ4v) is 2.11. The minimum Gasteiger partial charge on any atom is -0.422 e. The minimum atomic E-state index is -0.481. The maximum atomic E-state index is 12.1. The van der Waals surface area contributed by atoms with Crippen LogP contribution in [0.1, 0.15) is 15.9 Å². The molecule has 0 saturated heterocycles. The van der Waals surface area contributed by atoms with Crippen molar-refractivity contribution in [3.05, 3.63) is 76.1 Å². The lowest BCUT2D eigenvalue weighted by atomic mass is 10.1. The third-order valence-electron chi connectivity index (χ3n) is 3.20. The molecule has 0 amide bonds. The Bertz CT molecular complexity index is 863. The van der Waals surface area contributed by atoms with E-state index in [1.807, 2.05) is 31.2 Å². The number of carbonyl (C=O) groups is 1. The lowest BCUT2D eigenvalue weighted by molar-refractivity contribution is 0.0737. The van der Waals surface area contributed by atoms with E-state index in [4.69, 9.17) is 4.74 Å². The highest BCUT2D eigenvalue weighted by Gasteiger charge is 2.11. The number of H-pyrrole nitrogens is 1. The van der Waals surface area contributed by atoms with Crippen molar-refractivity contribution in [1.29, 1.82) is 0 Å². The number of para-hydroxylation sites is 1. The second-order valence-corrected chi connectivity index (χ2v) is 4.80. The summed E-state index contributed by atoms with van der Waals surface area (Å²) in [6, 6.07) is 15.6. The molecule has 0 spiro atoms. The van der Waals surface area contributed by atoms with Crippen LogP contribution in [0.5, 0.6) is 5.75 Å². The highest BCUT2D eigenvalue weighted by molar-refractivity contribution is 5.94. The Morgan fingerprint density at radius 3 is 2.52 bits per heavy atom. The first-order chi connectivity index (χ1) is 10.1. The zero-order valence-electron chi connectivity index (χ0n) is 11.4. The summed E-state index contributed by atoms with van der Waals surface area (Å²) < 4.78 is 5.38. The van der Waals surface area contributed by atoms with Gasteiger partial charge in [-0.3, -0.25) is 4.79 Å². The van der Waals surface area contributed by atoms with Crippen molar-refractivity contribution in [3.63, 3.8) is 0 Å². The Labute approximate surface area is 121 Å². The lowest BCUT2D eigenvalue weighted by Crippen LogP contribution is -2.12. The number of hydrogen-bond acceptors (Lipinski definition) is 3. The molecule has 21 heavy (non-hydrogen) atoms. The van der Waals surface area contributed by atoms with Gasteiger partial charge in [0.2, 0.25) is 0 Å². The molecular formula is C17H13NO3. The van der Waals surface area contributed by atoms with Crippen LogP contribution < -0.4 is 10.3 Å². The molecule has 0 aliphatic rings. The van der Waals surface area contributed by atoms with Crippen molar-refractivity contribution in [1.82, 2.24) is 4.98 Å². The monoisotopic (exact) mass is 279 g/mol. The minimum absolute atomic E-state index is 0.264. The molecule has 0 saturated carbocycles. The van der Waals surface area contributed by atoms with Gasteiger partial charge >= 0.3 is 5.97 Å². The predicted molar refractivity (Wildman–Crippen MR) is 80.7 cm³/mol. The van der Waals surface area contributed by atoms with E-state index >= 15 is 0 Å². The molecule has 0 radical (unpaired) electrons. The summed E-state index contributed by atoms with van der Waals surface area (Å²) in [6.07, 6.45) is 0. The van der Waals surface area contributed by atoms with Crippen LogP contribution in [0.15, 0.2) is 59.4 Å². The zero-order chi connectivity index (χ0) is 14.8. The molecule has 1 aromatic heterocycles. The molecule has 0 aliphatic carbocycles. The molecule has 3 rings (SSSR count). The van der Waals surface area contributed by atoms with E-state index in [9.17, 15) is 9.59 Å². The Morgan fingerprint density at radius 2 is 1.76 bits per heavy atom. The van der Waals surface area contributed by atoms with Crippen molar-refractivity contribution < 1.29 is 9.53 Å². The van der Waals surface area contributed by atoms with E-state index in [1.54, 1.807) is 24.3 Å². The second-order valence-electron chi connectivity index (χ2n) is 4.80. The third-order valence-corrected chi connectivity index (χ3v) is 3.20. The maximum absolute atomic E-state index is 12.1. The molecule has 1 heterocycles. The number of benzene rings is 2. The van der Waals surface area contributed by atoms with E-state index in [0.29, 0.717) is 16.5 Å². The third kappa shape index (κ3) is 2.69. The van der Waals surface area contributed by atoms with Crippen LogP contribution >= 0.6 is 0 Å². The van der Waals surface area contributed by atoms with Gasteiger partial charge in [-0.05, 0) is 31.2 Å². The lowest BCUT2D eigenvalue weighted by Gasteiger charge is -2.07. The van der Waals surface area contributed by atoms with Crippen molar-refractivity contribution >= 4 is 16.9 Å². The van der Waals surface area contributed by atoms with Gasteiger partial charge in [0.25, 0.3) is 5.56 Å². The summed E-state index contributed by atoms with van der Waals surface area (Å²) in [5.41, 5.74) is 1.84. The molecular weight excluding hydrogens is 266 g/mol. The summed E-state index contributed by atoms with van der Waals surface area (Å²) in [5, 5.41) is 0.692. The molecule has 4 nitrogen and oxygen atoms in total. The number of esters is 1. The maximum Gasteiger partial charge on any atom is 0.343 e. The Morgan fingerprint density at radius 1 is 1.05 bits per heavy atom. The van der Waals surface area contributed by atoms with Gasteiger partial charge in [-0.2, -0.15) is 0 Å². The average molecular weight is 279 g/mol. The second kappa shape index (κ2) is 5.25. The zero-order valence-corrected chi connectivity index (χ0v) is 11.4. The smallest absolute Gasteiger partial charge is 0.343 e. The first-order valence-electron chi connectivity index (χ1n) is 6.54. The van der Waals surface area contributed by atoms with E-state index in [1.165, 1.54) is 6.07 Å². The van der Waals surface area contributed by atoms with Gasteiger partial charge in [-0.1, -0.05) is 29.8 Å². The Hall–Kier alpha value is -2.88. The summed E-state index contributed by atoms with van der Waals surface area (Å²) >= 11 is 0. The van der Waals surface area contributed by atoms with E-state index in [0.717, 1.165) is 5.56 Å². The molecule has 0 fully saturated rings. The van der Waals surface area contributed by atoms with Crippen LogP contribution in [-0.4, -0.2) is 11.0 Å². The number of rotatable bonds is 2. The van der Waals surface area contributed by atoms with Gasteiger partial charge < -0.3 is 9.72 Å². The quantitative estimate of drug-likeness (QED) is 0.733. The van der Waals surface area contributed by atoms with Crippen LogP contribution in [0.4, 0.5) is 0 Å². The van der Waals surface area contributed by atoms with E-state index < -0.39 is 5.97 Å². The summed E-state index contributed by atoms with van der Waals surface area (Å²) in [5.74, 6) is -0.217. The van der Waals surface area contributed by atoms with Crippen molar-refractivity contribution in [2.45, 2.75) is 6.92 Å². The van der Waals surface area contributed by atoms with Crippen LogP contribution in [0, 0.1) is 6.92 Å². The van der Waals surface area contributed by atoms with Gasteiger partial charge in [0.1, 0.15) is 5.75 Å². The Balaban J connectivity index is 2.00. The summed E-state index contributed by atoms with van der Waals surface area (Å²) in [7, 11) is 0. The molecule has 0 bridgehead atoms. The van der Waals surface area contributed by atoms with Crippen LogP contribution in [0.25, 0.3) is 10.9 Å². The number of aromatic nitrogens is 1. The molecule has 1 N–H and O–H groups in total. The molecule has 104 valence electrons. The van der Waals surface area contributed by atoms with E-state index in [-0.39, 0.29) is 11.3 Å². The number of nitrogens with one attached hydrogen (secondary N) is 1. The highest BCUT2D eigenvalue weighted by atomic mass is 16.5. The average Bonchev–Trinajstić information content (AvgIpc) is 2.47. The normalized spacial score (nSPS) is 10.5. The van der Waals surface area contributed by atoms with Gasteiger partial charge in [0.15, 0.2) is 0 Å². The summed E-state index contributed by atoms with van der Waals surface area (Å²) in [4.78, 5) is 26.5. The number of carbonyl (C=O) groups excluding carboxylic acids is 1. The first-order valence-corrected chi connectivity index (χ1v) is 6.54. The number of ether oxygens (including phenoxy) is 1. The molecule has 0 atom stereocenters. The van der Waals surface area contributed by atoms with Gasteiger partial charge in [-0.15, -0.1) is 0 Å². The van der Waals surface area contributed by atoms with Crippen LogP contribution in [0.3, 0.4) is 0 Å². The Kier molecular flexibility index (Phi) is 3.28. The fraction of sp³-hybridized carbons (Fsp3) is 0.0588. The van der Waals surface area contributed by atoms with Gasteiger partial charge in [0.05, 0.1) is 11.1 Å². The van der Waals surface area contributed by atoms with Gasteiger partial charge in [-0.25, -0.2) is 4.79 Å². The highest BCUT2D eigenvalue weighted by Crippen LogP contribution is 2.22. The molecule has 0 aliphatic heterocycles. The number of aromatic amines is 1. The van der Waals surface area contributed by atoms with Crippen molar-refractivity contribution in [2.75, 3.05) is 0 Å². The number of pyridine rings is 1. The SMILES string of the molecule is Cc1ccc(C(=O)Oc2cc(=O)[nH]c3ccccc23)cc1.